The van der Waals surface area contributed by atoms with Crippen LogP contribution in [-0.4, -0.2) is 12.6 Å². The molecule has 0 atom stereocenters. The van der Waals surface area contributed by atoms with Crippen LogP contribution in [-0.2, 0) is 9.53 Å². The van der Waals surface area contributed by atoms with Gasteiger partial charge in [0.25, 0.3) is 0 Å². The molecule has 0 radical (unpaired) electrons. The quantitative estimate of drug-likeness (QED) is 0.583. The molecule has 0 unspecified atom stereocenters. The molecule has 0 amide bonds. The van der Waals surface area contributed by atoms with Gasteiger partial charge in [-0.2, -0.15) is 0 Å². The van der Waals surface area contributed by atoms with E-state index in [1.807, 2.05) is 13.8 Å². The fraction of sp³-hybridized carbons (Fsp3) is 0.933. The zero-order valence-corrected chi connectivity index (χ0v) is 12.6. The first-order valence-corrected chi connectivity index (χ1v) is 6.92. The Morgan fingerprint density at radius 2 is 1.47 bits per heavy atom. The Morgan fingerprint density at radius 3 is 1.94 bits per heavy atom. The number of carbonyl (C=O) groups excluding carboxylic acids is 1. The molecule has 2 heteroatoms. The van der Waals surface area contributed by atoms with Crippen molar-refractivity contribution in [2.24, 2.45) is 10.8 Å². The van der Waals surface area contributed by atoms with Crippen molar-refractivity contribution in [3.05, 3.63) is 0 Å². The fourth-order valence-corrected chi connectivity index (χ4v) is 2.14. The molecule has 0 fully saturated rings. The lowest BCUT2D eigenvalue weighted by atomic mass is 9.85. The van der Waals surface area contributed by atoms with Gasteiger partial charge in [0.15, 0.2) is 0 Å². The van der Waals surface area contributed by atoms with E-state index >= 15 is 0 Å². The summed E-state index contributed by atoms with van der Waals surface area (Å²) in [7, 11) is 0. The first-order valence-electron chi connectivity index (χ1n) is 6.92. The van der Waals surface area contributed by atoms with E-state index in [-0.39, 0.29) is 16.8 Å². The summed E-state index contributed by atoms with van der Waals surface area (Å²) in [6, 6.07) is 0. The van der Waals surface area contributed by atoms with E-state index in [4.69, 9.17) is 4.74 Å². The Morgan fingerprint density at radius 1 is 0.941 bits per heavy atom. The lowest BCUT2D eigenvalue weighted by Crippen LogP contribution is -2.28. The lowest BCUT2D eigenvalue weighted by Gasteiger charge is -2.26. The van der Waals surface area contributed by atoms with Crippen LogP contribution >= 0.6 is 0 Å². The van der Waals surface area contributed by atoms with Gasteiger partial charge in [-0.3, -0.25) is 4.79 Å². The van der Waals surface area contributed by atoms with Crippen molar-refractivity contribution < 1.29 is 9.53 Å². The summed E-state index contributed by atoms with van der Waals surface area (Å²) in [6.45, 7) is 13.3. The minimum absolute atomic E-state index is 0.0494. The zero-order valence-electron chi connectivity index (χ0n) is 12.6. The fourth-order valence-electron chi connectivity index (χ4n) is 2.14. The summed E-state index contributed by atoms with van der Waals surface area (Å²) in [4.78, 5) is 11.9. The van der Waals surface area contributed by atoms with Crippen LogP contribution < -0.4 is 0 Å². The number of carbonyl (C=O) groups is 1. The van der Waals surface area contributed by atoms with Crippen LogP contribution in [0.3, 0.4) is 0 Å². The van der Waals surface area contributed by atoms with Gasteiger partial charge in [-0.1, -0.05) is 40.5 Å². The van der Waals surface area contributed by atoms with E-state index in [1.54, 1.807) is 0 Å². The summed E-state index contributed by atoms with van der Waals surface area (Å²) >= 11 is 0. The van der Waals surface area contributed by atoms with Gasteiger partial charge < -0.3 is 4.74 Å². The van der Waals surface area contributed by atoms with Crippen molar-refractivity contribution in [3.63, 3.8) is 0 Å². The van der Waals surface area contributed by atoms with E-state index in [0.29, 0.717) is 6.61 Å². The summed E-state index contributed by atoms with van der Waals surface area (Å²) in [5, 5.41) is 0. The highest BCUT2D eigenvalue weighted by Gasteiger charge is 2.28. The molecule has 0 aliphatic heterocycles. The average molecular weight is 242 g/mol. The molecule has 0 N–H and O–H groups in total. The molecule has 0 saturated carbocycles. The molecular weight excluding hydrogens is 212 g/mol. The standard InChI is InChI=1S/C15H30O2/c1-7-9-14(3,4)11-12-17-13(16)15(5,6)10-8-2/h7-12H2,1-6H3. The summed E-state index contributed by atoms with van der Waals surface area (Å²) in [5.74, 6) is -0.0494. The van der Waals surface area contributed by atoms with E-state index in [9.17, 15) is 4.79 Å². The van der Waals surface area contributed by atoms with Crippen LogP contribution in [0.5, 0.6) is 0 Å². The van der Waals surface area contributed by atoms with Gasteiger partial charge in [0.05, 0.1) is 12.0 Å². The molecule has 0 aliphatic rings. The van der Waals surface area contributed by atoms with Gasteiger partial charge in [-0.25, -0.2) is 0 Å². The summed E-state index contributed by atoms with van der Waals surface area (Å²) < 4.78 is 5.40. The third-order valence-electron chi connectivity index (χ3n) is 3.37. The first-order chi connectivity index (χ1) is 7.75. The highest BCUT2D eigenvalue weighted by Crippen LogP contribution is 2.28. The van der Waals surface area contributed by atoms with Crippen molar-refractivity contribution in [2.45, 2.75) is 73.6 Å². The molecule has 0 spiro atoms. The monoisotopic (exact) mass is 242 g/mol. The molecule has 0 aromatic rings. The maximum Gasteiger partial charge on any atom is 0.311 e. The third-order valence-corrected chi connectivity index (χ3v) is 3.37. The Balaban J connectivity index is 4.01. The molecule has 102 valence electrons. The van der Waals surface area contributed by atoms with E-state index < -0.39 is 0 Å². The minimum Gasteiger partial charge on any atom is -0.465 e. The molecule has 0 aromatic carbocycles. The highest BCUT2D eigenvalue weighted by atomic mass is 16.5. The highest BCUT2D eigenvalue weighted by molar-refractivity contribution is 5.75. The molecule has 17 heavy (non-hydrogen) atoms. The van der Waals surface area contributed by atoms with Gasteiger partial charge in [0.1, 0.15) is 0 Å². The second kappa shape index (κ2) is 7.03. The van der Waals surface area contributed by atoms with Crippen LogP contribution in [0, 0.1) is 10.8 Å². The van der Waals surface area contributed by atoms with Gasteiger partial charge in [0.2, 0.25) is 0 Å². The first kappa shape index (κ1) is 16.5. The van der Waals surface area contributed by atoms with E-state index in [2.05, 4.69) is 27.7 Å². The van der Waals surface area contributed by atoms with Crippen molar-refractivity contribution in [2.75, 3.05) is 6.61 Å². The summed E-state index contributed by atoms with van der Waals surface area (Å²) in [6.07, 6.45) is 5.23. The maximum absolute atomic E-state index is 11.9. The van der Waals surface area contributed by atoms with E-state index in [0.717, 1.165) is 19.3 Å². The van der Waals surface area contributed by atoms with Gasteiger partial charge >= 0.3 is 5.97 Å². The average Bonchev–Trinajstić information content (AvgIpc) is 2.16. The SMILES string of the molecule is CCCC(C)(C)CCOC(=O)C(C)(C)CCC. The number of esters is 1. The molecule has 0 heterocycles. The summed E-state index contributed by atoms with van der Waals surface area (Å²) in [5.41, 5.74) is -0.0480. The molecule has 2 nitrogen and oxygen atoms in total. The lowest BCUT2D eigenvalue weighted by molar-refractivity contribution is -0.155. The topological polar surface area (TPSA) is 26.3 Å². The Hall–Kier alpha value is -0.530. The van der Waals surface area contributed by atoms with Gasteiger partial charge in [-0.15, -0.1) is 0 Å². The Kier molecular flexibility index (Phi) is 6.81. The van der Waals surface area contributed by atoms with Crippen molar-refractivity contribution in [3.8, 4) is 0 Å². The Bertz CT molecular complexity index is 229. The van der Waals surface area contributed by atoms with Crippen LogP contribution in [0.1, 0.15) is 73.6 Å². The van der Waals surface area contributed by atoms with Crippen molar-refractivity contribution in [1.29, 1.82) is 0 Å². The minimum atomic E-state index is -0.330. The van der Waals surface area contributed by atoms with E-state index in [1.165, 1.54) is 12.8 Å². The third kappa shape index (κ3) is 6.70. The van der Waals surface area contributed by atoms with Crippen molar-refractivity contribution >= 4 is 5.97 Å². The predicted octanol–water partition coefficient (Wildman–Crippen LogP) is 4.57. The predicted molar refractivity (Wildman–Crippen MR) is 73.0 cm³/mol. The second-order valence-corrected chi connectivity index (χ2v) is 6.43. The Labute approximate surface area is 107 Å². The molecule has 0 bridgehead atoms. The van der Waals surface area contributed by atoms with Crippen molar-refractivity contribution in [1.82, 2.24) is 0 Å². The van der Waals surface area contributed by atoms with Crippen LogP contribution in [0.25, 0.3) is 0 Å². The molecule has 0 aliphatic carbocycles. The zero-order chi connectivity index (χ0) is 13.5. The molecule has 0 aromatic heterocycles. The smallest absolute Gasteiger partial charge is 0.311 e. The largest absolute Gasteiger partial charge is 0.465 e. The maximum atomic E-state index is 11.9. The van der Waals surface area contributed by atoms with Crippen LogP contribution in [0.15, 0.2) is 0 Å². The number of rotatable bonds is 8. The number of hydrogen-bond acceptors (Lipinski definition) is 2. The molecular formula is C15H30O2. The normalized spacial score (nSPS) is 12.6. The van der Waals surface area contributed by atoms with Gasteiger partial charge in [0, 0.05) is 0 Å². The molecule has 0 rings (SSSR count). The molecule has 0 saturated heterocycles. The van der Waals surface area contributed by atoms with Crippen LogP contribution in [0.4, 0.5) is 0 Å². The number of hydrogen-bond donors (Lipinski definition) is 0. The second-order valence-electron chi connectivity index (χ2n) is 6.43. The van der Waals surface area contributed by atoms with Crippen LogP contribution in [0.2, 0.25) is 0 Å². The number of ether oxygens (including phenoxy) is 1. The van der Waals surface area contributed by atoms with Gasteiger partial charge in [-0.05, 0) is 38.5 Å².